The summed E-state index contributed by atoms with van der Waals surface area (Å²) in [5, 5.41) is 21.6. The molecule has 19 heavy (non-hydrogen) atoms. The molecule has 1 aromatic carbocycles. The number of hydrogen-bond donors (Lipinski definition) is 2. The van der Waals surface area contributed by atoms with Gasteiger partial charge in [0, 0.05) is 6.54 Å². The van der Waals surface area contributed by atoms with Crippen molar-refractivity contribution in [3.8, 4) is 24.2 Å². The molecule has 0 aliphatic heterocycles. The van der Waals surface area contributed by atoms with Crippen LogP contribution in [0.5, 0.6) is 5.75 Å². The van der Waals surface area contributed by atoms with Crippen molar-refractivity contribution in [1.82, 2.24) is 5.32 Å². The van der Waals surface area contributed by atoms with E-state index in [0.29, 0.717) is 17.9 Å². The van der Waals surface area contributed by atoms with E-state index in [0.717, 1.165) is 6.42 Å². The molecule has 2 N–H and O–H groups in total. The van der Waals surface area contributed by atoms with Crippen LogP contribution in [0.3, 0.4) is 0 Å². The fourth-order valence-electron chi connectivity index (χ4n) is 1.51. The van der Waals surface area contributed by atoms with Crippen molar-refractivity contribution in [2.24, 2.45) is 0 Å². The van der Waals surface area contributed by atoms with E-state index in [1.165, 1.54) is 0 Å². The molecule has 0 fully saturated rings. The maximum atomic E-state index is 9.76. The maximum Gasteiger partial charge on any atom is 0.120 e. The second-order valence-corrected chi connectivity index (χ2v) is 4.14. The first kappa shape index (κ1) is 15.0. The van der Waals surface area contributed by atoms with Crippen molar-refractivity contribution in [1.29, 1.82) is 5.26 Å². The number of benzene rings is 1. The zero-order valence-corrected chi connectivity index (χ0v) is 11.0. The highest BCUT2D eigenvalue weighted by atomic mass is 16.5. The Morgan fingerprint density at radius 1 is 1.53 bits per heavy atom. The topological polar surface area (TPSA) is 65.3 Å². The van der Waals surface area contributed by atoms with Crippen molar-refractivity contribution in [3.05, 3.63) is 29.8 Å². The Labute approximate surface area is 114 Å². The van der Waals surface area contributed by atoms with Gasteiger partial charge in [0.15, 0.2) is 0 Å². The van der Waals surface area contributed by atoms with Crippen LogP contribution in [0.2, 0.25) is 0 Å². The van der Waals surface area contributed by atoms with Crippen LogP contribution >= 0.6 is 0 Å². The molecular formula is C15H18N2O2. The van der Waals surface area contributed by atoms with Crippen molar-refractivity contribution < 1.29 is 9.84 Å². The van der Waals surface area contributed by atoms with Gasteiger partial charge in [0.2, 0.25) is 0 Å². The van der Waals surface area contributed by atoms with Gasteiger partial charge in [-0.2, -0.15) is 5.26 Å². The first-order valence-electron chi connectivity index (χ1n) is 6.20. The second kappa shape index (κ2) is 8.16. The highest BCUT2D eigenvalue weighted by molar-refractivity contribution is 5.36. The van der Waals surface area contributed by atoms with Crippen LogP contribution in [0.4, 0.5) is 0 Å². The fourth-order valence-corrected chi connectivity index (χ4v) is 1.51. The molecule has 2 unspecified atom stereocenters. The predicted octanol–water partition coefficient (Wildman–Crippen LogP) is 1.30. The minimum atomic E-state index is -0.645. The highest BCUT2D eigenvalue weighted by Gasteiger charge is 2.08. The van der Waals surface area contributed by atoms with E-state index in [1.54, 1.807) is 24.3 Å². The summed E-state index contributed by atoms with van der Waals surface area (Å²) in [5.41, 5.74) is 0.531. The first-order chi connectivity index (χ1) is 9.19. The van der Waals surface area contributed by atoms with Gasteiger partial charge in [-0.1, -0.05) is 18.9 Å². The van der Waals surface area contributed by atoms with E-state index in [-0.39, 0.29) is 12.6 Å². The van der Waals surface area contributed by atoms with E-state index in [9.17, 15) is 5.11 Å². The Balaban J connectivity index is 2.36. The molecule has 1 aromatic rings. The van der Waals surface area contributed by atoms with E-state index in [1.807, 2.05) is 13.0 Å². The van der Waals surface area contributed by atoms with Gasteiger partial charge < -0.3 is 15.2 Å². The van der Waals surface area contributed by atoms with Gasteiger partial charge in [-0.3, -0.25) is 0 Å². The molecule has 0 radical (unpaired) electrons. The van der Waals surface area contributed by atoms with E-state index < -0.39 is 6.10 Å². The van der Waals surface area contributed by atoms with Crippen molar-refractivity contribution in [2.45, 2.75) is 25.5 Å². The number of nitriles is 1. The van der Waals surface area contributed by atoms with Gasteiger partial charge in [0.25, 0.3) is 0 Å². The minimum Gasteiger partial charge on any atom is -0.491 e. The van der Waals surface area contributed by atoms with E-state index >= 15 is 0 Å². The smallest absolute Gasteiger partial charge is 0.120 e. The third kappa shape index (κ3) is 5.44. The molecule has 0 amide bonds. The molecule has 0 heterocycles. The number of ether oxygens (including phenoxy) is 1. The molecule has 0 spiro atoms. The van der Waals surface area contributed by atoms with Crippen LogP contribution in [-0.4, -0.2) is 30.4 Å². The van der Waals surface area contributed by atoms with Gasteiger partial charge in [-0.05, 0) is 24.6 Å². The van der Waals surface area contributed by atoms with Crippen molar-refractivity contribution >= 4 is 0 Å². The third-order valence-corrected chi connectivity index (χ3v) is 2.61. The molecule has 4 heteroatoms. The average Bonchev–Trinajstić information content (AvgIpc) is 2.46. The standard InChI is InChI=1S/C15H18N2O2/c1-3-13(4-2)17-10-14(18)11-19-15-7-5-6-12(8-15)9-16/h1,5-8,13-14,17-18H,4,10-11H2,2H3. The number of terminal acetylenes is 1. The quantitative estimate of drug-likeness (QED) is 0.723. The molecule has 0 aliphatic rings. The van der Waals surface area contributed by atoms with E-state index in [4.69, 9.17) is 16.4 Å². The summed E-state index contributed by atoms with van der Waals surface area (Å²) >= 11 is 0. The Kier molecular flexibility index (Phi) is 6.46. The highest BCUT2D eigenvalue weighted by Crippen LogP contribution is 2.12. The molecule has 4 nitrogen and oxygen atoms in total. The summed E-state index contributed by atoms with van der Waals surface area (Å²) in [6, 6.07) is 8.82. The first-order valence-corrected chi connectivity index (χ1v) is 6.20. The van der Waals surface area contributed by atoms with Crippen LogP contribution in [0.25, 0.3) is 0 Å². The molecule has 0 bridgehead atoms. The third-order valence-electron chi connectivity index (χ3n) is 2.61. The Morgan fingerprint density at radius 3 is 2.95 bits per heavy atom. The fraction of sp³-hybridized carbons (Fsp3) is 0.400. The summed E-state index contributed by atoms with van der Waals surface area (Å²) in [6.45, 7) is 2.51. The second-order valence-electron chi connectivity index (χ2n) is 4.14. The number of rotatable bonds is 7. The lowest BCUT2D eigenvalue weighted by Crippen LogP contribution is -2.37. The lowest BCUT2D eigenvalue weighted by molar-refractivity contribution is 0.105. The molecule has 0 saturated heterocycles. The summed E-state index contributed by atoms with van der Waals surface area (Å²) in [4.78, 5) is 0. The number of aliphatic hydroxyl groups is 1. The predicted molar refractivity (Wildman–Crippen MR) is 73.6 cm³/mol. The molecule has 100 valence electrons. The zero-order chi connectivity index (χ0) is 14.1. The number of hydrogen-bond acceptors (Lipinski definition) is 4. The minimum absolute atomic E-state index is 0.0310. The molecular weight excluding hydrogens is 240 g/mol. The lowest BCUT2D eigenvalue weighted by atomic mass is 10.2. The molecule has 0 aliphatic carbocycles. The molecule has 2 atom stereocenters. The Hall–Kier alpha value is -2.01. The number of nitrogens with one attached hydrogen (secondary N) is 1. The summed E-state index contributed by atoms with van der Waals surface area (Å²) in [7, 11) is 0. The van der Waals surface area contributed by atoms with Gasteiger partial charge in [0.1, 0.15) is 18.5 Å². The monoisotopic (exact) mass is 258 g/mol. The number of aliphatic hydroxyl groups excluding tert-OH is 1. The van der Waals surface area contributed by atoms with Crippen LogP contribution in [0, 0.1) is 23.7 Å². The SMILES string of the molecule is C#CC(CC)NCC(O)COc1cccc(C#N)c1. The zero-order valence-electron chi connectivity index (χ0n) is 11.0. The summed E-state index contributed by atoms with van der Waals surface area (Å²) < 4.78 is 5.42. The normalized spacial score (nSPS) is 13.1. The Morgan fingerprint density at radius 2 is 2.32 bits per heavy atom. The van der Waals surface area contributed by atoms with Gasteiger partial charge in [-0.25, -0.2) is 0 Å². The largest absolute Gasteiger partial charge is 0.491 e. The van der Waals surface area contributed by atoms with Gasteiger partial charge >= 0.3 is 0 Å². The van der Waals surface area contributed by atoms with Gasteiger partial charge in [-0.15, -0.1) is 6.42 Å². The summed E-state index contributed by atoms with van der Waals surface area (Å²) in [5.74, 6) is 3.17. The average molecular weight is 258 g/mol. The summed E-state index contributed by atoms with van der Waals surface area (Å²) in [6.07, 6.45) is 5.48. The van der Waals surface area contributed by atoms with Crippen molar-refractivity contribution in [3.63, 3.8) is 0 Å². The van der Waals surface area contributed by atoms with Gasteiger partial charge in [0.05, 0.1) is 17.7 Å². The molecule has 0 aromatic heterocycles. The van der Waals surface area contributed by atoms with E-state index in [2.05, 4.69) is 11.2 Å². The van der Waals surface area contributed by atoms with Crippen molar-refractivity contribution in [2.75, 3.05) is 13.2 Å². The van der Waals surface area contributed by atoms with Crippen LogP contribution in [0.15, 0.2) is 24.3 Å². The number of nitrogens with zero attached hydrogens (tertiary/aromatic N) is 1. The molecule has 0 saturated carbocycles. The lowest BCUT2D eigenvalue weighted by Gasteiger charge is -2.16. The van der Waals surface area contributed by atoms with Crippen LogP contribution < -0.4 is 10.1 Å². The molecule has 1 rings (SSSR count). The maximum absolute atomic E-state index is 9.76. The Bertz CT molecular complexity index is 474. The van der Waals surface area contributed by atoms with Crippen LogP contribution in [-0.2, 0) is 0 Å². The van der Waals surface area contributed by atoms with Crippen LogP contribution in [0.1, 0.15) is 18.9 Å².